The number of aliphatic hydroxyl groups is 1. The summed E-state index contributed by atoms with van der Waals surface area (Å²) in [5.41, 5.74) is 1.87. The molecule has 1 N–H and O–H groups in total. The zero-order valence-electron chi connectivity index (χ0n) is 11.1. The van der Waals surface area contributed by atoms with Crippen LogP contribution < -0.4 is 0 Å². The van der Waals surface area contributed by atoms with Crippen molar-refractivity contribution >= 4 is 20.9 Å². The van der Waals surface area contributed by atoms with Gasteiger partial charge in [0.05, 0.1) is 22.9 Å². The number of fused-ring (bicyclic) bond motifs is 1. The Morgan fingerprint density at radius 1 is 1.37 bits per heavy atom. The van der Waals surface area contributed by atoms with Gasteiger partial charge in [-0.1, -0.05) is 12.1 Å². The smallest absolute Gasteiger partial charge is 0.150 e. The standard InChI is InChI=1S/C13H18N2O3S/c1-3-15-12-7-5-4-6-11(12)14-13(15)8-10(16)9-19(2,17)18/h4-7,10,16H,3,8-9H2,1-2H3. The number of benzene rings is 1. The van der Waals surface area contributed by atoms with Crippen LogP contribution in [-0.2, 0) is 22.8 Å². The van der Waals surface area contributed by atoms with Crippen molar-refractivity contribution in [3.05, 3.63) is 30.1 Å². The Kier molecular flexibility index (Phi) is 3.91. The van der Waals surface area contributed by atoms with E-state index in [9.17, 15) is 13.5 Å². The molecule has 0 amide bonds. The van der Waals surface area contributed by atoms with Gasteiger partial charge in [-0.25, -0.2) is 13.4 Å². The molecule has 0 aliphatic rings. The van der Waals surface area contributed by atoms with Crippen molar-refractivity contribution in [3.8, 4) is 0 Å². The summed E-state index contributed by atoms with van der Waals surface area (Å²) in [7, 11) is -3.18. The molecule has 0 aliphatic carbocycles. The Labute approximate surface area is 112 Å². The highest BCUT2D eigenvalue weighted by molar-refractivity contribution is 7.90. The summed E-state index contributed by atoms with van der Waals surface area (Å²) in [4.78, 5) is 4.46. The molecule has 0 saturated carbocycles. The third-order valence-electron chi connectivity index (χ3n) is 2.96. The molecule has 1 heterocycles. The van der Waals surface area contributed by atoms with Crippen LogP contribution in [0, 0.1) is 0 Å². The molecule has 0 saturated heterocycles. The summed E-state index contributed by atoms with van der Waals surface area (Å²) >= 11 is 0. The Bertz CT molecular complexity index is 676. The van der Waals surface area contributed by atoms with Crippen LogP contribution in [0.3, 0.4) is 0 Å². The van der Waals surface area contributed by atoms with Gasteiger partial charge in [-0.05, 0) is 19.1 Å². The van der Waals surface area contributed by atoms with E-state index in [1.165, 1.54) is 0 Å². The van der Waals surface area contributed by atoms with Crippen molar-refractivity contribution < 1.29 is 13.5 Å². The summed E-state index contributed by atoms with van der Waals surface area (Å²) in [6, 6.07) is 7.73. The maximum atomic E-state index is 11.2. The van der Waals surface area contributed by atoms with Gasteiger partial charge in [-0.15, -0.1) is 0 Å². The quantitative estimate of drug-likeness (QED) is 0.888. The fourth-order valence-electron chi connectivity index (χ4n) is 2.25. The Balaban J connectivity index is 2.30. The summed E-state index contributed by atoms with van der Waals surface area (Å²) in [5.74, 6) is 0.486. The second-order valence-electron chi connectivity index (χ2n) is 4.71. The number of imidazole rings is 1. The number of nitrogens with zero attached hydrogens (tertiary/aromatic N) is 2. The third-order valence-corrected chi connectivity index (χ3v) is 3.95. The second kappa shape index (κ2) is 5.30. The van der Waals surface area contributed by atoms with Crippen LogP contribution in [-0.4, -0.2) is 41.2 Å². The topological polar surface area (TPSA) is 72.2 Å². The summed E-state index contributed by atoms with van der Waals surface area (Å²) < 4.78 is 24.3. The zero-order valence-corrected chi connectivity index (χ0v) is 11.9. The summed E-state index contributed by atoms with van der Waals surface area (Å²) in [6.45, 7) is 2.74. The number of rotatable bonds is 5. The highest BCUT2D eigenvalue weighted by Crippen LogP contribution is 2.17. The van der Waals surface area contributed by atoms with Crippen LogP contribution in [0.25, 0.3) is 11.0 Å². The van der Waals surface area contributed by atoms with Crippen molar-refractivity contribution in [2.24, 2.45) is 0 Å². The highest BCUT2D eigenvalue weighted by atomic mass is 32.2. The first-order chi connectivity index (χ1) is 8.90. The van der Waals surface area contributed by atoms with Crippen LogP contribution >= 0.6 is 0 Å². The molecule has 1 aromatic carbocycles. The van der Waals surface area contributed by atoms with Crippen LogP contribution in [0.2, 0.25) is 0 Å². The van der Waals surface area contributed by atoms with E-state index >= 15 is 0 Å². The molecule has 6 heteroatoms. The molecule has 2 aromatic rings. The van der Waals surface area contributed by atoms with Gasteiger partial charge in [0.15, 0.2) is 0 Å². The van der Waals surface area contributed by atoms with Crippen molar-refractivity contribution in [3.63, 3.8) is 0 Å². The van der Waals surface area contributed by atoms with Crippen LogP contribution in [0.15, 0.2) is 24.3 Å². The minimum absolute atomic E-state index is 0.236. The largest absolute Gasteiger partial charge is 0.392 e. The van der Waals surface area contributed by atoms with Crippen molar-refractivity contribution in [1.82, 2.24) is 9.55 Å². The SMILES string of the molecule is CCn1c(CC(O)CS(C)(=O)=O)nc2ccccc21. The Hall–Kier alpha value is -1.40. The number of aliphatic hydroxyl groups excluding tert-OH is 1. The highest BCUT2D eigenvalue weighted by Gasteiger charge is 2.17. The molecule has 0 spiro atoms. The minimum Gasteiger partial charge on any atom is -0.392 e. The van der Waals surface area contributed by atoms with Crippen LogP contribution in [0.4, 0.5) is 0 Å². The molecule has 1 aromatic heterocycles. The van der Waals surface area contributed by atoms with Crippen LogP contribution in [0.1, 0.15) is 12.7 Å². The van der Waals surface area contributed by atoms with Gasteiger partial charge >= 0.3 is 0 Å². The molecular formula is C13H18N2O3S. The van der Waals surface area contributed by atoms with Gasteiger partial charge in [0.25, 0.3) is 0 Å². The lowest BCUT2D eigenvalue weighted by Crippen LogP contribution is -2.23. The molecule has 0 bridgehead atoms. The summed E-state index contributed by atoms with van der Waals surface area (Å²) in [5, 5.41) is 9.85. The van der Waals surface area contributed by atoms with E-state index in [1.807, 2.05) is 35.8 Å². The predicted molar refractivity (Wildman–Crippen MR) is 74.8 cm³/mol. The summed E-state index contributed by atoms with van der Waals surface area (Å²) in [6.07, 6.45) is 0.450. The third kappa shape index (κ3) is 3.33. The molecule has 2 rings (SSSR count). The van der Waals surface area contributed by atoms with E-state index in [0.29, 0.717) is 0 Å². The lowest BCUT2D eigenvalue weighted by molar-refractivity contribution is 0.194. The van der Waals surface area contributed by atoms with E-state index in [4.69, 9.17) is 0 Å². The lowest BCUT2D eigenvalue weighted by atomic mass is 10.2. The first-order valence-corrected chi connectivity index (χ1v) is 8.26. The molecule has 0 fully saturated rings. The van der Waals surface area contributed by atoms with Crippen molar-refractivity contribution in [2.75, 3.05) is 12.0 Å². The van der Waals surface area contributed by atoms with E-state index in [1.54, 1.807) is 0 Å². The molecule has 1 atom stereocenters. The van der Waals surface area contributed by atoms with Gasteiger partial charge in [0.1, 0.15) is 15.7 Å². The number of aromatic nitrogens is 2. The molecule has 104 valence electrons. The van der Waals surface area contributed by atoms with Gasteiger partial charge in [0, 0.05) is 19.2 Å². The number of hydrogen-bond acceptors (Lipinski definition) is 4. The maximum absolute atomic E-state index is 11.2. The monoisotopic (exact) mass is 282 g/mol. The fourth-order valence-corrected chi connectivity index (χ4v) is 3.07. The average Bonchev–Trinajstić information content (AvgIpc) is 2.63. The van der Waals surface area contributed by atoms with E-state index in [2.05, 4.69) is 4.98 Å². The minimum atomic E-state index is -3.18. The number of sulfone groups is 1. The zero-order chi connectivity index (χ0) is 14.0. The molecule has 0 radical (unpaired) electrons. The number of hydrogen-bond donors (Lipinski definition) is 1. The lowest BCUT2D eigenvalue weighted by Gasteiger charge is -2.10. The molecule has 5 nitrogen and oxygen atoms in total. The first-order valence-electron chi connectivity index (χ1n) is 6.20. The number of para-hydroxylation sites is 2. The van der Waals surface area contributed by atoms with Crippen molar-refractivity contribution in [1.29, 1.82) is 0 Å². The Morgan fingerprint density at radius 2 is 2.05 bits per heavy atom. The van der Waals surface area contributed by atoms with Gasteiger partial charge in [-0.3, -0.25) is 0 Å². The molecule has 0 aliphatic heterocycles. The fraction of sp³-hybridized carbons (Fsp3) is 0.462. The van der Waals surface area contributed by atoms with Crippen molar-refractivity contribution in [2.45, 2.75) is 26.0 Å². The molecule has 1 unspecified atom stereocenters. The predicted octanol–water partition coefficient (Wildman–Crippen LogP) is 1.00. The van der Waals surface area contributed by atoms with E-state index in [0.717, 1.165) is 29.7 Å². The van der Waals surface area contributed by atoms with E-state index in [-0.39, 0.29) is 12.2 Å². The Morgan fingerprint density at radius 3 is 2.68 bits per heavy atom. The van der Waals surface area contributed by atoms with Gasteiger partial charge in [0.2, 0.25) is 0 Å². The maximum Gasteiger partial charge on any atom is 0.150 e. The molecule has 19 heavy (non-hydrogen) atoms. The number of aryl methyl sites for hydroxylation is 1. The van der Waals surface area contributed by atoms with Crippen LogP contribution in [0.5, 0.6) is 0 Å². The van der Waals surface area contributed by atoms with E-state index < -0.39 is 15.9 Å². The van der Waals surface area contributed by atoms with Gasteiger partial charge < -0.3 is 9.67 Å². The average molecular weight is 282 g/mol. The second-order valence-corrected chi connectivity index (χ2v) is 6.90. The first kappa shape index (κ1) is 14.0. The van der Waals surface area contributed by atoms with Gasteiger partial charge in [-0.2, -0.15) is 0 Å². The molecular weight excluding hydrogens is 264 g/mol. The normalized spacial score (nSPS) is 13.8.